The van der Waals surface area contributed by atoms with Gasteiger partial charge in [0, 0.05) is 35.7 Å². The molecule has 10 aromatic rings. The van der Waals surface area contributed by atoms with Crippen LogP contribution in [-0.4, -0.2) is 40.0 Å². The average molecular weight is 1100 g/mol. The third-order valence-corrected chi connectivity index (χ3v) is 16.1. The van der Waals surface area contributed by atoms with Crippen LogP contribution < -0.4 is 34.0 Å². The van der Waals surface area contributed by atoms with Crippen molar-refractivity contribution in [2.45, 2.75) is 65.6 Å². The van der Waals surface area contributed by atoms with Crippen molar-refractivity contribution >= 4 is 46.0 Å². The molecule has 2 amide bonds. The van der Waals surface area contributed by atoms with E-state index in [9.17, 15) is 39.0 Å². The number of nitrogens with zero attached hydrogens (tertiary/aromatic N) is 4. The number of carbonyl (C=O) groups excluding carboxylic acids is 2. The Morgan fingerprint density at radius 2 is 0.863 bits per heavy atom. The number of nitrogens with two attached hydrogens (primary N) is 2. The van der Waals surface area contributed by atoms with Crippen LogP contribution in [0.5, 0.6) is 0 Å². The summed E-state index contributed by atoms with van der Waals surface area (Å²) in [6.45, 7) is 10.7. The van der Waals surface area contributed by atoms with E-state index in [0.29, 0.717) is 56.4 Å². The first-order chi connectivity index (χ1) is 37.9. The number of carbonyl (C=O) groups is 2. The van der Waals surface area contributed by atoms with E-state index in [1.54, 1.807) is 101 Å². The zero-order valence-corrected chi connectivity index (χ0v) is 45.8. The van der Waals surface area contributed by atoms with Gasteiger partial charge in [-0.2, -0.15) is 0 Å². The van der Waals surface area contributed by atoms with Crippen LogP contribution in [0, 0.1) is 13.8 Å². The standard InChI is InChI=1S/2C32H26ClN3O4/c2*1-17-20(6-4-8-26(17)36-28(37)16-27-25(33)7-5-13-35(27)31(36)39)22-11-12-23(30(34)38)24-15-18-14-19(32(2,3)40)9-10-21(18)29(22)24/h2*4-14,16,40H,15H2,1-3H3,(H2,34,38). The number of halogens is 2. The van der Waals surface area contributed by atoms with E-state index >= 15 is 0 Å². The van der Waals surface area contributed by atoms with E-state index in [1.165, 1.54) is 20.9 Å². The van der Waals surface area contributed by atoms with Crippen molar-refractivity contribution in [3.05, 3.63) is 253 Å². The Hall–Kier alpha value is -8.92. The third kappa shape index (κ3) is 8.77. The largest absolute Gasteiger partial charge is 0.386 e. The maximum Gasteiger partial charge on any atom is 0.340 e. The minimum Gasteiger partial charge on any atom is -0.386 e. The molecule has 80 heavy (non-hydrogen) atoms. The van der Waals surface area contributed by atoms with Gasteiger partial charge in [-0.25, -0.2) is 18.7 Å². The monoisotopic (exact) mass is 1100 g/mol. The van der Waals surface area contributed by atoms with Crippen LogP contribution in [-0.2, 0) is 24.0 Å². The van der Waals surface area contributed by atoms with Crippen molar-refractivity contribution in [3.8, 4) is 55.9 Å². The van der Waals surface area contributed by atoms with Gasteiger partial charge in [0.15, 0.2) is 0 Å². The summed E-state index contributed by atoms with van der Waals surface area (Å²) >= 11 is 12.5. The first-order valence-electron chi connectivity index (χ1n) is 25.6. The fourth-order valence-corrected chi connectivity index (χ4v) is 11.9. The molecule has 2 aliphatic carbocycles. The minimum atomic E-state index is -1.02. The molecule has 0 saturated heterocycles. The first kappa shape index (κ1) is 53.1. The second-order valence-corrected chi connectivity index (χ2v) is 22.1. The predicted molar refractivity (Wildman–Crippen MR) is 313 cm³/mol. The van der Waals surface area contributed by atoms with Gasteiger partial charge < -0.3 is 21.7 Å². The molecule has 2 aliphatic rings. The minimum absolute atomic E-state index is 0.311. The lowest BCUT2D eigenvalue weighted by Gasteiger charge is -2.19. The molecule has 14 nitrogen and oxygen atoms in total. The number of benzene rings is 6. The number of rotatable bonds is 8. The van der Waals surface area contributed by atoms with Crippen LogP contribution in [0.1, 0.15) is 92.9 Å². The van der Waals surface area contributed by atoms with Gasteiger partial charge in [0.1, 0.15) is 0 Å². The van der Waals surface area contributed by atoms with Crippen molar-refractivity contribution in [1.82, 2.24) is 17.9 Å². The molecule has 0 radical (unpaired) electrons. The maximum atomic E-state index is 13.5. The molecule has 0 aliphatic heterocycles. The van der Waals surface area contributed by atoms with Gasteiger partial charge in [-0.15, -0.1) is 0 Å². The molecule has 6 N–H and O–H groups in total. The fourth-order valence-electron chi connectivity index (χ4n) is 11.4. The summed E-state index contributed by atoms with van der Waals surface area (Å²) in [5.74, 6) is -1.03. The summed E-state index contributed by atoms with van der Waals surface area (Å²) in [4.78, 5) is 78.2. The number of pyridine rings is 2. The van der Waals surface area contributed by atoms with Crippen molar-refractivity contribution in [1.29, 1.82) is 0 Å². The number of primary amides is 2. The van der Waals surface area contributed by atoms with Gasteiger partial charge in [-0.1, -0.05) is 96.0 Å². The highest BCUT2D eigenvalue weighted by atomic mass is 35.5. The first-order valence-corrected chi connectivity index (χ1v) is 26.4. The summed E-state index contributed by atoms with van der Waals surface area (Å²) < 4.78 is 4.99. The summed E-state index contributed by atoms with van der Waals surface area (Å²) in [5, 5.41) is 21.8. The Kier molecular flexibility index (Phi) is 12.9. The summed E-state index contributed by atoms with van der Waals surface area (Å²) in [5.41, 5.74) is 23.5. The summed E-state index contributed by atoms with van der Waals surface area (Å²) in [6.07, 6.45) is 4.14. The molecule has 0 saturated carbocycles. The van der Waals surface area contributed by atoms with E-state index in [4.69, 9.17) is 34.7 Å². The van der Waals surface area contributed by atoms with E-state index in [2.05, 4.69) is 0 Å². The normalized spacial score (nSPS) is 12.4. The Labute approximate surface area is 467 Å². The molecule has 4 heterocycles. The molecule has 0 unspecified atom stereocenters. The summed E-state index contributed by atoms with van der Waals surface area (Å²) in [6, 6.07) is 39.0. The molecule has 400 valence electrons. The number of aliphatic hydroxyl groups is 2. The molecule has 6 aromatic carbocycles. The third-order valence-electron chi connectivity index (χ3n) is 15.4. The van der Waals surface area contributed by atoms with Crippen LogP contribution in [0.4, 0.5) is 0 Å². The smallest absolute Gasteiger partial charge is 0.340 e. The van der Waals surface area contributed by atoms with Crippen LogP contribution in [0.15, 0.2) is 165 Å². The molecule has 0 spiro atoms. The lowest BCUT2D eigenvalue weighted by atomic mass is 9.88. The van der Waals surface area contributed by atoms with E-state index in [-0.39, 0.29) is 0 Å². The molecule has 12 rings (SSSR count). The number of fused-ring (bicyclic) bond motifs is 8. The zero-order chi connectivity index (χ0) is 57.0. The Bertz CT molecular complexity index is 4320. The second kappa shape index (κ2) is 19.5. The van der Waals surface area contributed by atoms with Gasteiger partial charge >= 0.3 is 11.4 Å². The predicted octanol–water partition coefficient (Wildman–Crippen LogP) is 9.95. The Morgan fingerprint density at radius 3 is 1.23 bits per heavy atom. The van der Waals surface area contributed by atoms with Gasteiger partial charge in [0.2, 0.25) is 11.8 Å². The van der Waals surface area contributed by atoms with Gasteiger partial charge in [0.05, 0.1) is 43.7 Å². The van der Waals surface area contributed by atoms with Crippen LogP contribution in [0.25, 0.3) is 66.9 Å². The van der Waals surface area contributed by atoms with Gasteiger partial charge in [0.25, 0.3) is 11.1 Å². The highest BCUT2D eigenvalue weighted by Crippen LogP contribution is 2.48. The van der Waals surface area contributed by atoms with Crippen LogP contribution in [0.3, 0.4) is 0 Å². The average Bonchev–Trinajstić information content (AvgIpc) is 4.21. The van der Waals surface area contributed by atoms with E-state index < -0.39 is 45.5 Å². The zero-order valence-electron chi connectivity index (χ0n) is 44.3. The van der Waals surface area contributed by atoms with Gasteiger partial charge in [-0.05, 0) is 192 Å². The maximum absolute atomic E-state index is 13.5. The number of aromatic nitrogens is 4. The highest BCUT2D eigenvalue weighted by Gasteiger charge is 2.32. The number of hydrogen-bond donors (Lipinski definition) is 4. The van der Waals surface area contributed by atoms with Gasteiger partial charge in [-0.3, -0.25) is 28.0 Å². The SMILES string of the molecule is Cc1c(-c2ccc(C(N)=O)c3c2-c2ccc(C(C)(C)O)cc2C3)cccc1-n1c(=O)cc2c(Cl)cccn2c1=O.Cc1c(-c2ccc(C(N)=O)c3c2-c2ccc(C(C)(C)O)cc2C3)cccc1-n1c(=O)cc2c(Cl)cccn2c1=O. The van der Waals surface area contributed by atoms with Crippen molar-refractivity contribution < 1.29 is 19.8 Å². The molecular formula is C64H52Cl2N6O8. The van der Waals surface area contributed by atoms with Crippen LogP contribution >= 0.6 is 23.2 Å². The van der Waals surface area contributed by atoms with Crippen LogP contribution in [0.2, 0.25) is 10.0 Å². The quantitative estimate of drug-likeness (QED) is 0.115. The summed E-state index contributed by atoms with van der Waals surface area (Å²) in [7, 11) is 0. The van der Waals surface area contributed by atoms with E-state index in [1.807, 2.05) is 74.5 Å². The van der Waals surface area contributed by atoms with Crippen molar-refractivity contribution in [2.75, 3.05) is 0 Å². The fraction of sp³-hybridized carbons (Fsp3) is 0.156. The molecule has 4 aromatic heterocycles. The topological polar surface area (TPSA) is 214 Å². The lowest BCUT2D eigenvalue weighted by Crippen LogP contribution is -2.36. The molecule has 0 bridgehead atoms. The molecule has 0 atom stereocenters. The van der Waals surface area contributed by atoms with Crippen molar-refractivity contribution in [2.24, 2.45) is 11.5 Å². The van der Waals surface area contributed by atoms with E-state index in [0.717, 1.165) is 98.1 Å². The molecule has 16 heteroatoms. The molecular weight excluding hydrogens is 1050 g/mol. The lowest BCUT2D eigenvalue weighted by molar-refractivity contribution is 0.0780. The second-order valence-electron chi connectivity index (χ2n) is 21.3. The Morgan fingerprint density at radius 1 is 0.487 bits per heavy atom. The number of hydrogen-bond acceptors (Lipinski definition) is 8. The number of amides is 2. The Balaban J connectivity index is 0.000000169. The highest BCUT2D eigenvalue weighted by molar-refractivity contribution is 6.34. The van der Waals surface area contributed by atoms with Crippen molar-refractivity contribution in [3.63, 3.8) is 0 Å². The molecule has 0 fully saturated rings.